The van der Waals surface area contributed by atoms with Crippen molar-refractivity contribution in [3.8, 4) is 0 Å². The first-order valence-electron chi connectivity index (χ1n) is 13.5. The zero-order valence-electron chi connectivity index (χ0n) is 23.6. The number of carbonyl (C=O) groups excluding carboxylic acids is 1. The SMILES string of the molecule is CCOC(=O)c1sc(Nc2nc(NCC(C)C)c3c(n2)N(Cc2ccc(NS(=O)(=O)CC)cc2)CCC3)nc1C. The minimum absolute atomic E-state index is 0.0211. The number of fused-ring (bicyclic) bond motifs is 1. The van der Waals surface area contributed by atoms with Crippen LogP contribution in [0.1, 0.15) is 60.6 Å². The molecule has 0 atom stereocenters. The van der Waals surface area contributed by atoms with Gasteiger partial charge in [0.15, 0.2) is 5.13 Å². The largest absolute Gasteiger partial charge is 0.462 e. The summed E-state index contributed by atoms with van der Waals surface area (Å²) in [6.45, 7) is 11.9. The molecule has 3 aromatic rings. The highest BCUT2D eigenvalue weighted by Gasteiger charge is 2.25. The highest BCUT2D eigenvalue weighted by Crippen LogP contribution is 2.34. The Morgan fingerprint density at radius 1 is 1.15 bits per heavy atom. The molecule has 1 aliphatic rings. The molecule has 11 nitrogen and oxygen atoms in total. The van der Waals surface area contributed by atoms with Crippen molar-refractivity contribution in [2.75, 3.05) is 45.7 Å². The summed E-state index contributed by atoms with van der Waals surface area (Å²) in [5.74, 6) is 2.08. The van der Waals surface area contributed by atoms with E-state index in [1.165, 1.54) is 11.3 Å². The van der Waals surface area contributed by atoms with Crippen LogP contribution in [0.3, 0.4) is 0 Å². The van der Waals surface area contributed by atoms with Gasteiger partial charge in [0.1, 0.15) is 16.5 Å². The molecule has 0 amide bonds. The van der Waals surface area contributed by atoms with Crippen LogP contribution in [0.25, 0.3) is 0 Å². The van der Waals surface area contributed by atoms with Gasteiger partial charge in [0.2, 0.25) is 16.0 Å². The third kappa shape index (κ3) is 7.39. The second kappa shape index (κ2) is 12.8. The molecular weight excluding hydrogens is 550 g/mol. The molecule has 0 aliphatic carbocycles. The molecule has 0 saturated heterocycles. The number of aromatic nitrogens is 3. The molecule has 0 unspecified atom stereocenters. The van der Waals surface area contributed by atoms with Crippen molar-refractivity contribution < 1.29 is 17.9 Å². The fourth-order valence-electron chi connectivity index (χ4n) is 4.26. The first-order valence-corrected chi connectivity index (χ1v) is 16.0. The van der Waals surface area contributed by atoms with Crippen molar-refractivity contribution in [1.82, 2.24) is 15.0 Å². The van der Waals surface area contributed by atoms with Crippen LogP contribution < -0.4 is 20.3 Å². The summed E-state index contributed by atoms with van der Waals surface area (Å²) in [6, 6.07) is 7.41. The van der Waals surface area contributed by atoms with E-state index in [9.17, 15) is 13.2 Å². The van der Waals surface area contributed by atoms with Crippen molar-refractivity contribution in [2.45, 2.75) is 54.0 Å². The Morgan fingerprint density at radius 2 is 1.90 bits per heavy atom. The highest BCUT2D eigenvalue weighted by molar-refractivity contribution is 7.92. The molecule has 0 bridgehead atoms. The van der Waals surface area contributed by atoms with Gasteiger partial charge < -0.3 is 15.0 Å². The standard InChI is InChI=1S/C27H37N7O4S2/c1-6-38-25(35)22-18(5)29-27(39-22)32-26-30-23(28-15-17(3)4)21-9-8-14-34(24(21)31-26)16-19-10-12-20(13-11-19)33-40(36,37)7-2/h10-13,17,33H,6-9,14-16H2,1-5H3,(H2,28,29,30,31,32). The van der Waals surface area contributed by atoms with Gasteiger partial charge in [-0.3, -0.25) is 10.0 Å². The number of carbonyl (C=O) groups is 1. The van der Waals surface area contributed by atoms with E-state index < -0.39 is 16.0 Å². The highest BCUT2D eigenvalue weighted by atomic mass is 32.2. The molecule has 1 aliphatic heterocycles. The van der Waals surface area contributed by atoms with Gasteiger partial charge in [0, 0.05) is 30.9 Å². The maximum atomic E-state index is 12.3. The molecule has 0 saturated carbocycles. The van der Waals surface area contributed by atoms with Crippen molar-refractivity contribution in [3.63, 3.8) is 0 Å². The van der Waals surface area contributed by atoms with Crippen LogP contribution in [0.4, 0.5) is 28.4 Å². The van der Waals surface area contributed by atoms with Crippen LogP contribution in [0.5, 0.6) is 0 Å². The minimum Gasteiger partial charge on any atom is -0.462 e. The predicted octanol–water partition coefficient (Wildman–Crippen LogP) is 4.94. The summed E-state index contributed by atoms with van der Waals surface area (Å²) in [5.41, 5.74) is 3.23. The van der Waals surface area contributed by atoms with Gasteiger partial charge in [-0.2, -0.15) is 9.97 Å². The Morgan fingerprint density at radius 3 is 2.58 bits per heavy atom. The number of sulfonamides is 1. The van der Waals surface area contributed by atoms with Gasteiger partial charge >= 0.3 is 5.97 Å². The van der Waals surface area contributed by atoms with E-state index in [0.29, 0.717) is 46.4 Å². The van der Waals surface area contributed by atoms with E-state index in [1.807, 2.05) is 12.1 Å². The molecule has 4 rings (SSSR count). The predicted molar refractivity (Wildman–Crippen MR) is 160 cm³/mol. The third-order valence-electron chi connectivity index (χ3n) is 6.27. The van der Waals surface area contributed by atoms with Gasteiger partial charge in [-0.15, -0.1) is 0 Å². The smallest absolute Gasteiger partial charge is 0.350 e. The quantitative estimate of drug-likeness (QED) is 0.250. The molecule has 1 aromatic carbocycles. The number of nitrogens with one attached hydrogen (secondary N) is 3. The maximum absolute atomic E-state index is 12.3. The van der Waals surface area contributed by atoms with Gasteiger partial charge in [0.05, 0.1) is 18.1 Å². The Kier molecular flexibility index (Phi) is 9.46. The second-order valence-corrected chi connectivity index (χ2v) is 13.0. The van der Waals surface area contributed by atoms with E-state index >= 15 is 0 Å². The van der Waals surface area contributed by atoms with Gasteiger partial charge in [-0.25, -0.2) is 18.2 Å². The summed E-state index contributed by atoms with van der Waals surface area (Å²) in [5, 5.41) is 7.22. The van der Waals surface area contributed by atoms with Crippen LogP contribution in [-0.4, -0.2) is 54.8 Å². The molecule has 0 spiro atoms. The Labute approximate surface area is 239 Å². The number of hydrogen-bond acceptors (Lipinski definition) is 11. The van der Waals surface area contributed by atoms with Crippen molar-refractivity contribution >= 4 is 55.7 Å². The fraction of sp³-hybridized carbons (Fsp3) is 0.481. The number of thiazole rings is 1. The zero-order chi connectivity index (χ0) is 28.9. The lowest BCUT2D eigenvalue weighted by Crippen LogP contribution is -2.31. The average molecular weight is 588 g/mol. The van der Waals surface area contributed by atoms with Crippen LogP contribution in [0, 0.1) is 12.8 Å². The summed E-state index contributed by atoms with van der Waals surface area (Å²) in [4.78, 5) is 29.1. The van der Waals surface area contributed by atoms with E-state index in [4.69, 9.17) is 14.7 Å². The molecule has 13 heteroatoms. The van der Waals surface area contributed by atoms with E-state index in [-0.39, 0.29) is 5.75 Å². The van der Waals surface area contributed by atoms with Crippen molar-refractivity contribution in [1.29, 1.82) is 0 Å². The van der Waals surface area contributed by atoms with Crippen LogP contribution >= 0.6 is 11.3 Å². The first kappa shape index (κ1) is 29.5. The van der Waals surface area contributed by atoms with Crippen LogP contribution in [0.15, 0.2) is 24.3 Å². The Balaban J connectivity index is 1.62. The number of hydrogen-bond donors (Lipinski definition) is 3. The van der Waals surface area contributed by atoms with E-state index in [1.54, 1.807) is 32.9 Å². The summed E-state index contributed by atoms with van der Waals surface area (Å²) < 4.78 is 31.5. The Bertz CT molecular complexity index is 1440. The molecule has 40 heavy (non-hydrogen) atoms. The van der Waals surface area contributed by atoms with E-state index in [2.05, 4.69) is 39.1 Å². The number of nitrogens with zero attached hydrogens (tertiary/aromatic N) is 4. The summed E-state index contributed by atoms with van der Waals surface area (Å²) in [7, 11) is -3.33. The van der Waals surface area contributed by atoms with Gasteiger partial charge in [-0.1, -0.05) is 37.3 Å². The molecule has 0 fully saturated rings. The first-order chi connectivity index (χ1) is 19.1. The fourth-order valence-corrected chi connectivity index (χ4v) is 5.75. The normalized spacial score (nSPS) is 13.2. The lowest BCUT2D eigenvalue weighted by molar-refractivity contribution is 0.0531. The number of anilines is 5. The molecular formula is C27H37N7O4S2. The maximum Gasteiger partial charge on any atom is 0.350 e. The lowest BCUT2D eigenvalue weighted by atomic mass is 10.0. The van der Waals surface area contributed by atoms with Crippen molar-refractivity contribution in [2.24, 2.45) is 5.92 Å². The van der Waals surface area contributed by atoms with Crippen LogP contribution in [-0.2, 0) is 27.7 Å². The number of aryl methyl sites for hydroxylation is 1. The lowest BCUT2D eigenvalue weighted by Gasteiger charge is -2.31. The van der Waals surface area contributed by atoms with E-state index in [0.717, 1.165) is 48.7 Å². The van der Waals surface area contributed by atoms with Crippen molar-refractivity contribution in [3.05, 3.63) is 46.0 Å². The molecule has 0 radical (unpaired) electrons. The molecule has 3 heterocycles. The number of benzene rings is 1. The van der Waals surface area contributed by atoms with Crippen LogP contribution in [0.2, 0.25) is 0 Å². The zero-order valence-corrected chi connectivity index (χ0v) is 25.2. The summed E-state index contributed by atoms with van der Waals surface area (Å²) in [6.07, 6.45) is 1.82. The number of rotatable bonds is 12. The number of ether oxygens (including phenoxy) is 1. The van der Waals surface area contributed by atoms with Gasteiger partial charge in [-0.05, 0) is 57.2 Å². The third-order valence-corrected chi connectivity index (χ3v) is 8.63. The number of esters is 1. The molecule has 2 aromatic heterocycles. The topological polar surface area (TPSA) is 138 Å². The Hall–Kier alpha value is -3.45. The monoisotopic (exact) mass is 587 g/mol. The average Bonchev–Trinajstić information content (AvgIpc) is 3.28. The summed E-state index contributed by atoms with van der Waals surface area (Å²) >= 11 is 1.21. The molecule has 216 valence electrons. The minimum atomic E-state index is -3.33. The van der Waals surface area contributed by atoms with Gasteiger partial charge in [0.25, 0.3) is 0 Å². The second-order valence-electron chi connectivity index (χ2n) is 9.98. The molecule has 3 N–H and O–H groups in total.